The second-order valence-electron chi connectivity index (χ2n) is 5.67. The minimum absolute atomic E-state index is 0. The molecule has 0 rings (SSSR count). The third-order valence-corrected chi connectivity index (χ3v) is 3.59. The highest BCUT2D eigenvalue weighted by Crippen LogP contribution is 2.07. The van der Waals surface area contributed by atoms with Crippen LogP contribution in [0.15, 0.2) is 4.99 Å². The Bertz CT molecular complexity index is 315. The molecule has 0 unspecified atom stereocenters. The summed E-state index contributed by atoms with van der Waals surface area (Å²) in [6.07, 6.45) is 10.4. The molecule has 7 heteroatoms. The van der Waals surface area contributed by atoms with Gasteiger partial charge in [-0.2, -0.15) is 0 Å². The second kappa shape index (κ2) is 20.5. The van der Waals surface area contributed by atoms with Gasteiger partial charge < -0.3 is 20.7 Å². The van der Waals surface area contributed by atoms with Crippen molar-refractivity contribution in [3.63, 3.8) is 0 Å². The first-order valence-corrected chi connectivity index (χ1v) is 8.94. The monoisotopic (exact) mass is 456 g/mol. The van der Waals surface area contributed by atoms with E-state index in [1.165, 1.54) is 44.9 Å². The van der Waals surface area contributed by atoms with E-state index in [1.807, 2.05) is 0 Å². The van der Waals surface area contributed by atoms with Crippen LogP contribution in [0.2, 0.25) is 0 Å². The van der Waals surface area contributed by atoms with Gasteiger partial charge in [-0.05, 0) is 6.42 Å². The Morgan fingerprint density at radius 1 is 0.917 bits per heavy atom. The molecule has 0 fully saturated rings. The van der Waals surface area contributed by atoms with Gasteiger partial charge in [0.25, 0.3) is 0 Å². The number of nitrogens with one attached hydrogen (secondary N) is 3. The van der Waals surface area contributed by atoms with Crippen LogP contribution in [-0.4, -0.2) is 52.3 Å². The first-order valence-electron chi connectivity index (χ1n) is 8.94. The minimum Gasteiger partial charge on any atom is -0.383 e. The van der Waals surface area contributed by atoms with E-state index < -0.39 is 0 Å². The Morgan fingerprint density at radius 2 is 1.54 bits per heavy atom. The van der Waals surface area contributed by atoms with Crippen LogP contribution in [0.1, 0.15) is 58.3 Å². The summed E-state index contributed by atoms with van der Waals surface area (Å²) in [7, 11) is 3.33. The number of aliphatic imine (C=N–C) groups is 1. The fraction of sp³-hybridized carbons (Fsp3) is 0.882. The van der Waals surface area contributed by atoms with Gasteiger partial charge in [0.1, 0.15) is 0 Å². The number of methoxy groups -OCH3 is 1. The van der Waals surface area contributed by atoms with Crippen LogP contribution in [0.25, 0.3) is 0 Å². The van der Waals surface area contributed by atoms with Crippen molar-refractivity contribution in [3.05, 3.63) is 0 Å². The van der Waals surface area contributed by atoms with E-state index >= 15 is 0 Å². The molecule has 0 heterocycles. The SMILES string of the molecule is CCCCCCCCCCNC(=NC)NCC(=O)NCCOC.I. The molecule has 144 valence electrons. The number of nitrogens with zero attached hydrogens (tertiary/aromatic N) is 1. The highest BCUT2D eigenvalue weighted by atomic mass is 127. The van der Waals surface area contributed by atoms with E-state index in [1.54, 1.807) is 14.2 Å². The summed E-state index contributed by atoms with van der Waals surface area (Å²) in [5, 5.41) is 9.00. The quantitative estimate of drug-likeness (QED) is 0.163. The van der Waals surface area contributed by atoms with Crippen molar-refractivity contribution in [2.45, 2.75) is 58.3 Å². The van der Waals surface area contributed by atoms with Gasteiger partial charge in [-0.25, -0.2) is 0 Å². The molecule has 0 saturated heterocycles. The highest BCUT2D eigenvalue weighted by molar-refractivity contribution is 14.0. The number of guanidine groups is 1. The smallest absolute Gasteiger partial charge is 0.239 e. The number of carbonyl (C=O) groups excluding carboxylic acids is 1. The van der Waals surface area contributed by atoms with Crippen molar-refractivity contribution < 1.29 is 9.53 Å². The van der Waals surface area contributed by atoms with E-state index in [0.717, 1.165) is 13.0 Å². The van der Waals surface area contributed by atoms with Crippen LogP contribution in [-0.2, 0) is 9.53 Å². The van der Waals surface area contributed by atoms with Crippen molar-refractivity contribution in [2.24, 2.45) is 4.99 Å². The van der Waals surface area contributed by atoms with Crippen molar-refractivity contribution in [1.82, 2.24) is 16.0 Å². The number of ether oxygens (including phenoxy) is 1. The summed E-state index contributed by atoms with van der Waals surface area (Å²) in [6, 6.07) is 0. The molecule has 0 spiro atoms. The molecule has 0 aliphatic rings. The minimum atomic E-state index is -0.0583. The second-order valence-corrected chi connectivity index (χ2v) is 5.67. The number of hydrogen-bond acceptors (Lipinski definition) is 3. The first kappa shape index (κ1) is 25.7. The maximum Gasteiger partial charge on any atom is 0.239 e. The number of rotatable bonds is 14. The summed E-state index contributed by atoms with van der Waals surface area (Å²) in [4.78, 5) is 15.7. The lowest BCUT2D eigenvalue weighted by Gasteiger charge is -2.12. The van der Waals surface area contributed by atoms with Crippen LogP contribution in [0.4, 0.5) is 0 Å². The molecule has 0 aliphatic heterocycles. The van der Waals surface area contributed by atoms with Crippen LogP contribution in [0, 0.1) is 0 Å². The Labute approximate surface area is 165 Å². The van der Waals surface area contributed by atoms with E-state index in [2.05, 4.69) is 27.9 Å². The Balaban J connectivity index is 0. The fourth-order valence-electron chi connectivity index (χ4n) is 2.21. The highest BCUT2D eigenvalue weighted by Gasteiger charge is 2.02. The maximum atomic E-state index is 11.5. The van der Waals surface area contributed by atoms with Crippen molar-refractivity contribution in [3.8, 4) is 0 Å². The fourth-order valence-corrected chi connectivity index (χ4v) is 2.21. The average molecular weight is 456 g/mol. The van der Waals surface area contributed by atoms with Gasteiger partial charge in [-0.15, -0.1) is 24.0 Å². The predicted molar refractivity (Wildman–Crippen MR) is 112 cm³/mol. The van der Waals surface area contributed by atoms with Crippen molar-refractivity contribution in [2.75, 3.05) is 40.4 Å². The zero-order chi connectivity index (χ0) is 17.2. The molecule has 1 amide bonds. The molecule has 0 bridgehead atoms. The van der Waals surface area contributed by atoms with E-state index in [9.17, 15) is 4.79 Å². The van der Waals surface area contributed by atoms with Crippen LogP contribution in [0.3, 0.4) is 0 Å². The summed E-state index contributed by atoms with van der Waals surface area (Å²) in [6.45, 7) is 4.41. The summed E-state index contributed by atoms with van der Waals surface area (Å²) >= 11 is 0. The lowest BCUT2D eigenvalue weighted by atomic mass is 10.1. The summed E-state index contributed by atoms with van der Waals surface area (Å²) in [5.41, 5.74) is 0. The van der Waals surface area contributed by atoms with E-state index in [4.69, 9.17) is 4.74 Å². The van der Waals surface area contributed by atoms with Gasteiger partial charge in [0.2, 0.25) is 5.91 Å². The Morgan fingerprint density at radius 3 is 2.12 bits per heavy atom. The van der Waals surface area contributed by atoms with Crippen molar-refractivity contribution in [1.29, 1.82) is 0 Å². The zero-order valence-electron chi connectivity index (χ0n) is 15.7. The molecule has 0 saturated carbocycles. The third kappa shape index (κ3) is 17.8. The van der Waals surface area contributed by atoms with Gasteiger partial charge in [0.15, 0.2) is 5.96 Å². The molecule has 0 aliphatic carbocycles. The van der Waals surface area contributed by atoms with Gasteiger partial charge in [0, 0.05) is 27.2 Å². The van der Waals surface area contributed by atoms with Crippen LogP contribution < -0.4 is 16.0 Å². The number of amides is 1. The van der Waals surface area contributed by atoms with Gasteiger partial charge in [-0.1, -0.05) is 51.9 Å². The molecular weight excluding hydrogens is 419 g/mol. The van der Waals surface area contributed by atoms with E-state index in [0.29, 0.717) is 19.1 Å². The molecule has 6 nitrogen and oxygen atoms in total. The molecule has 0 aromatic carbocycles. The molecule has 0 aromatic heterocycles. The lowest BCUT2D eigenvalue weighted by Crippen LogP contribution is -2.43. The lowest BCUT2D eigenvalue weighted by molar-refractivity contribution is -0.120. The van der Waals surface area contributed by atoms with Crippen molar-refractivity contribution >= 4 is 35.8 Å². The molecule has 3 N–H and O–H groups in total. The number of halogens is 1. The van der Waals surface area contributed by atoms with E-state index in [-0.39, 0.29) is 36.4 Å². The Hall–Kier alpha value is -0.570. The number of unbranched alkanes of at least 4 members (excludes halogenated alkanes) is 7. The largest absolute Gasteiger partial charge is 0.383 e. The number of carbonyl (C=O) groups is 1. The zero-order valence-corrected chi connectivity index (χ0v) is 18.0. The molecular formula is C17H37IN4O2. The maximum absolute atomic E-state index is 11.5. The molecule has 0 aromatic rings. The molecule has 0 atom stereocenters. The van der Waals surface area contributed by atoms with Gasteiger partial charge in [-0.3, -0.25) is 9.79 Å². The summed E-state index contributed by atoms with van der Waals surface area (Å²) in [5.74, 6) is 0.618. The standard InChI is InChI=1S/C17H36N4O2.HI/c1-4-5-6-7-8-9-10-11-12-20-17(18-2)21-15-16(22)19-13-14-23-3;/h4-15H2,1-3H3,(H,19,22)(H2,18,20,21);1H. The number of hydrogen-bond donors (Lipinski definition) is 3. The first-order chi connectivity index (χ1) is 11.2. The molecule has 24 heavy (non-hydrogen) atoms. The molecule has 0 radical (unpaired) electrons. The van der Waals surface area contributed by atoms with Gasteiger partial charge >= 0.3 is 0 Å². The van der Waals surface area contributed by atoms with Crippen LogP contribution >= 0.6 is 24.0 Å². The van der Waals surface area contributed by atoms with Crippen LogP contribution in [0.5, 0.6) is 0 Å². The van der Waals surface area contributed by atoms with Gasteiger partial charge in [0.05, 0.1) is 13.2 Å². The average Bonchev–Trinajstić information content (AvgIpc) is 2.56. The predicted octanol–water partition coefficient (Wildman–Crippen LogP) is 2.67. The third-order valence-electron chi connectivity index (χ3n) is 3.59. The Kier molecular flexibility index (Phi) is 21.9. The topological polar surface area (TPSA) is 74.8 Å². The normalized spacial score (nSPS) is 10.9. The summed E-state index contributed by atoms with van der Waals surface area (Å²) < 4.78 is 4.88.